The van der Waals surface area contributed by atoms with Crippen LogP contribution in [0.3, 0.4) is 0 Å². The van der Waals surface area contributed by atoms with Gasteiger partial charge in [0.15, 0.2) is 0 Å². The van der Waals surface area contributed by atoms with Crippen LogP contribution in [0.5, 0.6) is 5.75 Å². The fourth-order valence-corrected chi connectivity index (χ4v) is 3.63. The van der Waals surface area contributed by atoms with Crippen molar-refractivity contribution >= 4 is 15.7 Å². The second-order valence-electron chi connectivity index (χ2n) is 6.08. The highest BCUT2D eigenvalue weighted by atomic mass is 32.2. The zero-order valence-corrected chi connectivity index (χ0v) is 15.9. The minimum Gasteiger partial charge on any atom is -0.495 e. The molecular formula is C18H25N3O3S. The van der Waals surface area contributed by atoms with Crippen molar-refractivity contribution in [3.63, 3.8) is 0 Å². The predicted octanol–water partition coefficient (Wildman–Crippen LogP) is 2.91. The Morgan fingerprint density at radius 3 is 2.60 bits per heavy atom. The molecular weight excluding hydrogens is 338 g/mol. The summed E-state index contributed by atoms with van der Waals surface area (Å²) in [5, 5.41) is 3.20. The van der Waals surface area contributed by atoms with Gasteiger partial charge in [-0.1, -0.05) is 19.9 Å². The molecule has 0 bridgehead atoms. The zero-order valence-electron chi connectivity index (χ0n) is 15.0. The number of rotatable bonds is 8. The van der Waals surface area contributed by atoms with Gasteiger partial charge in [0.05, 0.1) is 7.11 Å². The average Bonchev–Trinajstić information content (AvgIpc) is 2.59. The molecule has 0 radical (unpaired) electrons. The number of methoxy groups -OCH3 is 1. The molecule has 6 nitrogen and oxygen atoms in total. The van der Waals surface area contributed by atoms with Crippen molar-refractivity contribution in [1.82, 2.24) is 9.71 Å². The summed E-state index contributed by atoms with van der Waals surface area (Å²) in [5.41, 5.74) is 2.90. The molecule has 2 aromatic rings. The number of aryl methyl sites for hydroxylation is 1. The smallest absolute Gasteiger partial charge is 0.244 e. The van der Waals surface area contributed by atoms with Crippen molar-refractivity contribution in [2.45, 2.75) is 31.6 Å². The SMILES string of the molecule is COc1ccc(C(C)C)cc1S(=O)(=O)NCCNc1ccncc1C. The highest BCUT2D eigenvalue weighted by Gasteiger charge is 2.20. The quantitative estimate of drug-likeness (QED) is 0.705. The maximum absolute atomic E-state index is 12.6. The van der Waals surface area contributed by atoms with Crippen molar-refractivity contribution in [2.75, 3.05) is 25.5 Å². The number of hydrogen-bond acceptors (Lipinski definition) is 5. The summed E-state index contributed by atoms with van der Waals surface area (Å²) in [4.78, 5) is 4.20. The van der Waals surface area contributed by atoms with Crippen LogP contribution in [0.25, 0.3) is 0 Å². The third-order valence-electron chi connectivity index (χ3n) is 3.90. The summed E-state index contributed by atoms with van der Waals surface area (Å²) in [6, 6.07) is 7.12. The average molecular weight is 363 g/mol. The van der Waals surface area contributed by atoms with Crippen LogP contribution in [0.15, 0.2) is 41.6 Å². The van der Waals surface area contributed by atoms with E-state index in [0.29, 0.717) is 12.3 Å². The molecule has 0 aliphatic heterocycles. The van der Waals surface area contributed by atoms with Gasteiger partial charge >= 0.3 is 0 Å². The summed E-state index contributed by atoms with van der Waals surface area (Å²) in [5.74, 6) is 0.575. The number of anilines is 1. The van der Waals surface area contributed by atoms with E-state index < -0.39 is 10.0 Å². The number of sulfonamides is 1. The van der Waals surface area contributed by atoms with Gasteiger partial charge in [0.1, 0.15) is 10.6 Å². The van der Waals surface area contributed by atoms with E-state index in [9.17, 15) is 8.42 Å². The minimum absolute atomic E-state index is 0.168. The lowest BCUT2D eigenvalue weighted by Crippen LogP contribution is -2.29. The molecule has 0 atom stereocenters. The van der Waals surface area contributed by atoms with Crippen LogP contribution in [0.1, 0.15) is 30.9 Å². The Morgan fingerprint density at radius 1 is 1.20 bits per heavy atom. The van der Waals surface area contributed by atoms with E-state index in [-0.39, 0.29) is 17.4 Å². The Bertz CT molecular complexity index is 820. The molecule has 0 aliphatic carbocycles. The Labute approximate surface area is 149 Å². The third-order valence-corrected chi connectivity index (χ3v) is 5.38. The molecule has 1 aromatic carbocycles. The van der Waals surface area contributed by atoms with Crippen LogP contribution in [0.4, 0.5) is 5.69 Å². The van der Waals surface area contributed by atoms with E-state index in [1.807, 2.05) is 32.9 Å². The Kier molecular flexibility index (Phi) is 6.39. The van der Waals surface area contributed by atoms with Gasteiger partial charge in [0.2, 0.25) is 10.0 Å². The number of aromatic nitrogens is 1. The molecule has 7 heteroatoms. The molecule has 1 aromatic heterocycles. The Balaban J connectivity index is 2.06. The first-order valence-electron chi connectivity index (χ1n) is 8.17. The number of benzene rings is 1. The predicted molar refractivity (Wildman–Crippen MR) is 99.7 cm³/mol. The summed E-state index contributed by atoms with van der Waals surface area (Å²) < 4.78 is 33.1. The molecule has 2 N–H and O–H groups in total. The standard InChI is InChI=1S/C18H25N3O3S/c1-13(2)15-5-6-17(24-4)18(11-15)25(22,23)21-10-9-20-16-7-8-19-12-14(16)3/h5-8,11-13,21H,9-10H2,1-4H3,(H,19,20). The van der Waals surface area contributed by atoms with Crippen molar-refractivity contribution < 1.29 is 13.2 Å². The molecule has 0 amide bonds. The maximum atomic E-state index is 12.6. The number of hydrogen-bond donors (Lipinski definition) is 2. The van der Waals surface area contributed by atoms with Crippen molar-refractivity contribution in [2.24, 2.45) is 0 Å². The number of nitrogens with one attached hydrogen (secondary N) is 2. The summed E-state index contributed by atoms with van der Waals surface area (Å²) in [6.45, 7) is 6.72. The van der Waals surface area contributed by atoms with Crippen molar-refractivity contribution in [3.05, 3.63) is 47.8 Å². The lowest BCUT2D eigenvalue weighted by molar-refractivity contribution is 0.402. The lowest BCUT2D eigenvalue weighted by atomic mass is 10.0. The molecule has 2 rings (SSSR count). The van der Waals surface area contributed by atoms with Gasteiger partial charge in [-0.05, 0) is 42.2 Å². The molecule has 25 heavy (non-hydrogen) atoms. The molecule has 0 fully saturated rings. The van der Waals surface area contributed by atoms with Crippen LogP contribution in [-0.4, -0.2) is 33.6 Å². The summed E-state index contributed by atoms with van der Waals surface area (Å²) >= 11 is 0. The van der Waals surface area contributed by atoms with Gasteiger partial charge in [0.25, 0.3) is 0 Å². The van der Waals surface area contributed by atoms with E-state index in [2.05, 4.69) is 15.0 Å². The van der Waals surface area contributed by atoms with Gasteiger partial charge in [0, 0.05) is 31.2 Å². The molecule has 1 heterocycles. The van der Waals surface area contributed by atoms with Crippen molar-refractivity contribution in [3.8, 4) is 5.75 Å². The van der Waals surface area contributed by atoms with Crippen LogP contribution in [-0.2, 0) is 10.0 Å². The fraction of sp³-hybridized carbons (Fsp3) is 0.389. The van der Waals surface area contributed by atoms with E-state index in [0.717, 1.165) is 16.8 Å². The highest BCUT2D eigenvalue weighted by Crippen LogP contribution is 2.27. The normalized spacial score (nSPS) is 11.6. The second-order valence-corrected chi connectivity index (χ2v) is 7.82. The minimum atomic E-state index is -3.65. The summed E-state index contributed by atoms with van der Waals surface area (Å²) in [7, 11) is -2.18. The highest BCUT2D eigenvalue weighted by molar-refractivity contribution is 7.89. The number of pyridine rings is 1. The molecule has 0 unspecified atom stereocenters. The summed E-state index contributed by atoms with van der Waals surface area (Å²) in [6.07, 6.45) is 3.45. The largest absolute Gasteiger partial charge is 0.495 e. The molecule has 136 valence electrons. The molecule has 0 saturated carbocycles. The number of nitrogens with zero attached hydrogens (tertiary/aromatic N) is 1. The molecule has 0 aliphatic rings. The zero-order chi connectivity index (χ0) is 18.4. The van der Waals surface area contributed by atoms with E-state index in [1.165, 1.54) is 7.11 Å². The van der Waals surface area contributed by atoms with Crippen LogP contribution in [0, 0.1) is 6.92 Å². The Morgan fingerprint density at radius 2 is 1.96 bits per heavy atom. The first kappa shape index (κ1) is 19.2. The van der Waals surface area contributed by atoms with Gasteiger partial charge in [-0.25, -0.2) is 13.1 Å². The first-order valence-corrected chi connectivity index (χ1v) is 9.65. The first-order chi connectivity index (χ1) is 11.8. The maximum Gasteiger partial charge on any atom is 0.244 e. The van der Waals surface area contributed by atoms with Gasteiger partial charge in [-0.15, -0.1) is 0 Å². The van der Waals surface area contributed by atoms with E-state index in [1.54, 1.807) is 24.5 Å². The number of ether oxygens (including phenoxy) is 1. The topological polar surface area (TPSA) is 80.3 Å². The molecule has 0 saturated heterocycles. The van der Waals surface area contributed by atoms with Gasteiger partial charge in [-0.2, -0.15) is 0 Å². The monoisotopic (exact) mass is 363 g/mol. The third kappa shape index (κ3) is 4.93. The van der Waals surface area contributed by atoms with E-state index >= 15 is 0 Å². The van der Waals surface area contributed by atoms with Crippen LogP contribution >= 0.6 is 0 Å². The van der Waals surface area contributed by atoms with Crippen LogP contribution in [0.2, 0.25) is 0 Å². The Hall–Kier alpha value is -2.12. The lowest BCUT2D eigenvalue weighted by Gasteiger charge is -2.14. The van der Waals surface area contributed by atoms with Gasteiger partial charge in [-0.3, -0.25) is 4.98 Å². The fourth-order valence-electron chi connectivity index (χ4n) is 2.39. The second kappa shape index (κ2) is 8.31. The van der Waals surface area contributed by atoms with Gasteiger partial charge < -0.3 is 10.1 Å². The molecule has 0 spiro atoms. The van der Waals surface area contributed by atoms with E-state index in [4.69, 9.17) is 4.74 Å². The van der Waals surface area contributed by atoms with Crippen molar-refractivity contribution in [1.29, 1.82) is 0 Å². The van der Waals surface area contributed by atoms with Crippen LogP contribution < -0.4 is 14.8 Å².